The molecule has 2 atom stereocenters. The highest BCUT2D eigenvalue weighted by Crippen LogP contribution is 2.36. The van der Waals surface area contributed by atoms with Gasteiger partial charge in [-0.05, 0) is 23.6 Å². The lowest BCUT2D eigenvalue weighted by atomic mass is 9.99. The molecule has 2 unspecified atom stereocenters. The fraction of sp³-hybridized carbons (Fsp3) is 0.312. The van der Waals surface area contributed by atoms with Crippen LogP contribution in [0.5, 0.6) is 5.75 Å². The van der Waals surface area contributed by atoms with Gasteiger partial charge in [-0.3, -0.25) is 9.52 Å². The van der Waals surface area contributed by atoms with Crippen LogP contribution in [0, 0.1) is 11.7 Å². The maximum atomic E-state index is 14.9. The number of rotatable bonds is 3. The van der Waals surface area contributed by atoms with Gasteiger partial charge in [0.1, 0.15) is 11.6 Å². The van der Waals surface area contributed by atoms with E-state index in [1.54, 1.807) is 0 Å². The summed E-state index contributed by atoms with van der Waals surface area (Å²) in [7, 11) is -1.86. The minimum atomic E-state index is -1.86. The Hall–Kier alpha value is -1.99. The molecule has 7 heteroatoms. The van der Waals surface area contributed by atoms with Crippen LogP contribution in [0.15, 0.2) is 24.3 Å². The first-order valence-corrected chi connectivity index (χ1v) is 8.44. The molecule has 2 aliphatic rings. The maximum Gasteiger partial charge on any atom is 0.257 e. The summed E-state index contributed by atoms with van der Waals surface area (Å²) in [4.78, 5) is 11.3. The van der Waals surface area contributed by atoms with Gasteiger partial charge in [-0.25, -0.2) is 8.60 Å². The average molecular weight is 336 g/mol. The molecule has 2 heterocycles. The number of phenolic OH excluding ortho intramolecular Hbond substituents is 1. The van der Waals surface area contributed by atoms with Gasteiger partial charge in [0, 0.05) is 24.2 Å². The minimum Gasteiger partial charge on any atom is -0.507 e. The molecular weight excluding hydrogens is 319 g/mol. The molecule has 23 heavy (non-hydrogen) atoms. The van der Waals surface area contributed by atoms with E-state index in [2.05, 4.69) is 23.9 Å². The van der Waals surface area contributed by atoms with Crippen molar-refractivity contribution in [3.05, 3.63) is 41.2 Å². The van der Waals surface area contributed by atoms with Gasteiger partial charge in [0.2, 0.25) is 0 Å². The van der Waals surface area contributed by atoms with Crippen LogP contribution in [0.2, 0.25) is 0 Å². The highest BCUT2D eigenvalue weighted by molar-refractivity contribution is 7.94. The summed E-state index contributed by atoms with van der Waals surface area (Å²) in [5, 5.41) is 13.3. The van der Waals surface area contributed by atoms with Gasteiger partial charge in [-0.15, -0.1) is 0 Å². The first-order chi connectivity index (χ1) is 10.9. The van der Waals surface area contributed by atoms with Gasteiger partial charge < -0.3 is 10.4 Å². The van der Waals surface area contributed by atoms with Crippen molar-refractivity contribution in [2.75, 3.05) is 6.54 Å². The predicted octanol–water partition coefficient (Wildman–Crippen LogP) is 1.68. The van der Waals surface area contributed by atoms with Gasteiger partial charge in [-0.1, -0.05) is 19.9 Å². The molecule has 0 radical (unpaired) electrons. The third kappa shape index (κ3) is 2.82. The van der Waals surface area contributed by atoms with Crippen LogP contribution >= 0.6 is 0 Å². The van der Waals surface area contributed by atoms with Crippen LogP contribution in [0.25, 0.3) is 10.5 Å². The zero-order chi connectivity index (χ0) is 16.7. The van der Waals surface area contributed by atoms with Crippen molar-refractivity contribution in [1.82, 2.24) is 10.0 Å². The zero-order valence-corrected chi connectivity index (χ0v) is 13.5. The van der Waals surface area contributed by atoms with E-state index in [1.165, 1.54) is 12.1 Å². The molecular formula is C16H17FN2O3S. The fourth-order valence-electron chi connectivity index (χ4n) is 2.74. The Morgan fingerprint density at radius 1 is 1.39 bits per heavy atom. The molecule has 0 aliphatic carbocycles. The first-order valence-electron chi connectivity index (χ1n) is 7.29. The van der Waals surface area contributed by atoms with Gasteiger partial charge in [0.05, 0.1) is 10.5 Å². The lowest BCUT2D eigenvalue weighted by Crippen LogP contribution is -2.27. The Balaban J connectivity index is 2.07. The molecule has 3 N–H and O–H groups in total. The van der Waals surface area contributed by atoms with Gasteiger partial charge in [-0.2, -0.15) is 0 Å². The third-order valence-electron chi connectivity index (χ3n) is 3.99. The van der Waals surface area contributed by atoms with Crippen molar-refractivity contribution in [3.8, 4) is 5.75 Å². The van der Waals surface area contributed by atoms with Crippen molar-refractivity contribution >= 4 is 27.4 Å². The van der Waals surface area contributed by atoms with E-state index < -0.39 is 22.7 Å². The number of nitrogens with one attached hydrogen (secondary N) is 2. The number of carbonyl (C=O) groups excluding carboxylic acids is 1. The van der Waals surface area contributed by atoms with Crippen LogP contribution in [0.4, 0.5) is 4.39 Å². The average Bonchev–Trinajstić information content (AvgIpc) is 3.07. The van der Waals surface area contributed by atoms with E-state index in [1.807, 2.05) is 6.08 Å². The summed E-state index contributed by atoms with van der Waals surface area (Å²) in [6, 6.07) is 3.01. The second-order valence-corrected chi connectivity index (χ2v) is 7.09. The lowest BCUT2D eigenvalue weighted by Gasteiger charge is -2.11. The Labute approximate surface area is 135 Å². The van der Waals surface area contributed by atoms with Crippen LogP contribution in [-0.2, 0) is 15.8 Å². The predicted molar refractivity (Wildman–Crippen MR) is 86.9 cm³/mol. The normalized spacial score (nSPS) is 23.9. The van der Waals surface area contributed by atoms with E-state index in [4.69, 9.17) is 0 Å². The number of halogens is 1. The van der Waals surface area contributed by atoms with E-state index in [0.29, 0.717) is 18.0 Å². The molecule has 122 valence electrons. The molecule has 1 amide bonds. The molecule has 0 saturated heterocycles. The van der Waals surface area contributed by atoms with Crippen molar-refractivity contribution < 1.29 is 18.5 Å². The van der Waals surface area contributed by atoms with Crippen LogP contribution < -0.4 is 10.0 Å². The fourth-order valence-corrected chi connectivity index (χ4v) is 3.68. The molecule has 1 aromatic rings. The summed E-state index contributed by atoms with van der Waals surface area (Å²) in [5.41, 5.74) is 0.935. The minimum absolute atomic E-state index is 0.0428. The molecule has 0 spiro atoms. The van der Waals surface area contributed by atoms with Crippen molar-refractivity contribution in [2.24, 2.45) is 5.92 Å². The lowest BCUT2D eigenvalue weighted by molar-refractivity contribution is -0.114. The number of hydrogen-bond donors (Lipinski definition) is 3. The monoisotopic (exact) mass is 336 g/mol. The molecule has 2 aliphatic heterocycles. The Morgan fingerprint density at radius 3 is 2.70 bits per heavy atom. The first kappa shape index (κ1) is 15.9. The smallest absolute Gasteiger partial charge is 0.257 e. The summed E-state index contributed by atoms with van der Waals surface area (Å²) >= 11 is 0. The van der Waals surface area contributed by atoms with Crippen LogP contribution in [0.3, 0.4) is 0 Å². The Morgan fingerprint density at radius 2 is 2.13 bits per heavy atom. The van der Waals surface area contributed by atoms with E-state index in [-0.39, 0.29) is 22.3 Å². The second kappa shape index (κ2) is 5.90. The third-order valence-corrected chi connectivity index (χ3v) is 5.10. The van der Waals surface area contributed by atoms with E-state index >= 15 is 0 Å². The molecule has 0 bridgehead atoms. The summed E-state index contributed by atoms with van der Waals surface area (Å²) in [6.07, 6.45) is 3.02. The van der Waals surface area contributed by atoms with E-state index in [0.717, 1.165) is 11.6 Å². The van der Waals surface area contributed by atoms with Crippen molar-refractivity contribution in [3.63, 3.8) is 0 Å². The second-order valence-electron chi connectivity index (χ2n) is 5.91. The van der Waals surface area contributed by atoms with Gasteiger partial charge in [0.15, 0.2) is 11.0 Å². The van der Waals surface area contributed by atoms with Crippen molar-refractivity contribution in [1.29, 1.82) is 0 Å². The standard InChI is InChI=1S/C16H17FN2O3S/c1-8(2)11-5-9(7-18-11)10-3-4-12(20)15(16(10)17)13-6-14(21)19-23(13)22/h3-6,8,11,18,20H,7H2,1-2H3,(H,19,21). The Bertz CT molecular complexity index is 771. The topological polar surface area (TPSA) is 78.4 Å². The van der Waals surface area contributed by atoms with Crippen LogP contribution in [-0.4, -0.2) is 27.8 Å². The highest BCUT2D eigenvalue weighted by atomic mass is 32.2. The Kier molecular flexibility index (Phi) is 4.08. The number of hydrogen-bond acceptors (Lipinski definition) is 4. The molecule has 5 nitrogen and oxygen atoms in total. The largest absolute Gasteiger partial charge is 0.507 e. The summed E-state index contributed by atoms with van der Waals surface area (Å²) < 4.78 is 29.0. The SMILES string of the molecule is CC(C)C1C=C(c2ccc(O)c(C3=CC(=O)NS3=O)c2F)CN1. The molecule has 1 aromatic carbocycles. The molecule has 0 fully saturated rings. The van der Waals surface area contributed by atoms with Gasteiger partial charge in [0.25, 0.3) is 5.91 Å². The molecule has 0 saturated carbocycles. The molecule has 3 rings (SSSR count). The number of benzene rings is 1. The highest BCUT2D eigenvalue weighted by Gasteiger charge is 2.29. The van der Waals surface area contributed by atoms with Gasteiger partial charge >= 0.3 is 0 Å². The number of carbonyl (C=O) groups is 1. The quantitative estimate of drug-likeness (QED) is 0.785. The van der Waals surface area contributed by atoms with Crippen molar-refractivity contribution in [2.45, 2.75) is 19.9 Å². The summed E-state index contributed by atoms with van der Waals surface area (Å²) in [6.45, 7) is 4.66. The number of phenols is 1. The number of amides is 1. The maximum absolute atomic E-state index is 14.9. The number of aromatic hydroxyl groups is 1. The zero-order valence-electron chi connectivity index (χ0n) is 12.7. The molecule has 0 aromatic heterocycles. The van der Waals surface area contributed by atoms with E-state index in [9.17, 15) is 18.5 Å². The van der Waals surface area contributed by atoms with Crippen LogP contribution in [0.1, 0.15) is 25.0 Å². The summed E-state index contributed by atoms with van der Waals surface area (Å²) in [5.74, 6) is -1.20.